The molecule has 0 unspecified atom stereocenters. The molecule has 0 saturated carbocycles. The van der Waals surface area contributed by atoms with E-state index in [0.29, 0.717) is 24.3 Å². The van der Waals surface area contributed by atoms with Crippen molar-refractivity contribution in [2.45, 2.75) is 0 Å². The van der Waals surface area contributed by atoms with Crippen LogP contribution in [0.5, 0.6) is 0 Å². The normalized spacial score (nSPS) is 8.93. The summed E-state index contributed by atoms with van der Waals surface area (Å²) in [5.74, 6) is -7.49. The van der Waals surface area contributed by atoms with Crippen LogP contribution in [0, 0.1) is 0 Å². The van der Waals surface area contributed by atoms with Crippen LogP contribution in [0.4, 0.5) is 0 Å². The fourth-order valence-electron chi connectivity index (χ4n) is 1.14. The maximum Gasteiger partial charge on any atom is 0.336 e. The minimum atomic E-state index is -1.26. The number of benzene rings is 1. The van der Waals surface area contributed by atoms with Gasteiger partial charge in [-0.25, -0.2) is 28.8 Å². The first-order chi connectivity index (χ1) is 13.9. The van der Waals surface area contributed by atoms with Crippen LogP contribution in [-0.2, 0) is 24.0 Å². The summed E-state index contributed by atoms with van der Waals surface area (Å²) in [6, 6.07) is 5.48. The van der Waals surface area contributed by atoms with E-state index in [4.69, 9.17) is 35.4 Å². The molecule has 13 nitrogen and oxygen atoms in total. The zero-order valence-corrected chi connectivity index (χ0v) is 14.9. The number of hydrogen-bond donors (Lipinski definition) is 6. The number of carboxylic acids is 6. The van der Waals surface area contributed by atoms with Crippen LogP contribution >= 0.6 is 0 Å². The summed E-state index contributed by atoms with van der Waals surface area (Å²) in [5.41, 5.74) is -0.380. The number of carbonyl (C=O) groups excluding carboxylic acids is 1. The molecule has 0 saturated heterocycles. The Bertz CT molecular complexity index is 722. The van der Waals surface area contributed by atoms with Gasteiger partial charge in [0, 0.05) is 24.3 Å². The van der Waals surface area contributed by atoms with Crippen LogP contribution in [0.1, 0.15) is 20.7 Å². The Morgan fingerprint density at radius 2 is 0.733 bits per heavy atom. The average Bonchev–Trinajstić information content (AvgIpc) is 2.67. The van der Waals surface area contributed by atoms with Gasteiger partial charge in [0.2, 0.25) is 0 Å². The number of hydrogen-bond acceptors (Lipinski definition) is 7. The first-order valence-electron chi connectivity index (χ1n) is 7.00. The minimum absolute atomic E-state index is 0.190. The predicted molar refractivity (Wildman–Crippen MR) is 96.3 cm³/mol. The van der Waals surface area contributed by atoms with Crippen LogP contribution in [0.3, 0.4) is 0 Å². The Balaban J connectivity index is -0.000000361. The number of carboxylic acid groups (broad SMARTS) is 6. The first-order valence-corrected chi connectivity index (χ1v) is 7.00. The molecule has 30 heavy (non-hydrogen) atoms. The van der Waals surface area contributed by atoms with Crippen LogP contribution in [0.15, 0.2) is 48.6 Å². The van der Waals surface area contributed by atoms with E-state index in [-0.39, 0.29) is 11.1 Å². The number of carbonyl (C=O) groups is 7. The van der Waals surface area contributed by atoms with Crippen molar-refractivity contribution in [2.24, 2.45) is 0 Å². The van der Waals surface area contributed by atoms with Gasteiger partial charge in [-0.05, 0) is 12.1 Å². The van der Waals surface area contributed by atoms with Gasteiger partial charge in [0.05, 0.1) is 11.1 Å². The molecule has 0 radical (unpaired) electrons. The molecule has 162 valence electrons. The summed E-state index contributed by atoms with van der Waals surface area (Å²) < 4.78 is 0. The second-order valence-electron chi connectivity index (χ2n) is 4.18. The average molecular weight is 428 g/mol. The number of rotatable bonds is 6. The third kappa shape index (κ3) is 19.5. The maximum atomic E-state index is 10.5. The van der Waals surface area contributed by atoms with Crippen molar-refractivity contribution in [3.05, 3.63) is 59.7 Å². The maximum absolute atomic E-state index is 10.5. The SMILES string of the molecule is C=O.O=C(O)/C=C\C(=O)O.O=C(O)/C=C\C(=O)O.O=C(O)c1ccccc1C(=O)O. The lowest BCUT2D eigenvalue weighted by Gasteiger charge is -1.98. The minimum Gasteiger partial charge on any atom is -0.478 e. The van der Waals surface area contributed by atoms with E-state index in [1.807, 2.05) is 6.79 Å². The van der Waals surface area contributed by atoms with Crippen molar-refractivity contribution in [3.8, 4) is 0 Å². The molecule has 0 aromatic heterocycles. The van der Waals surface area contributed by atoms with Gasteiger partial charge >= 0.3 is 35.8 Å². The molecule has 0 fully saturated rings. The highest BCUT2D eigenvalue weighted by Crippen LogP contribution is 2.07. The molecular weight excluding hydrogens is 412 g/mol. The van der Waals surface area contributed by atoms with Crippen molar-refractivity contribution in [1.82, 2.24) is 0 Å². The van der Waals surface area contributed by atoms with Gasteiger partial charge in [-0.1, -0.05) is 12.1 Å². The highest BCUT2D eigenvalue weighted by molar-refractivity contribution is 6.01. The molecule has 6 N–H and O–H groups in total. The van der Waals surface area contributed by atoms with Crippen LogP contribution in [0.25, 0.3) is 0 Å². The molecule has 0 spiro atoms. The molecule has 0 aliphatic rings. The lowest BCUT2D eigenvalue weighted by Crippen LogP contribution is -2.06. The number of aliphatic carboxylic acids is 4. The van der Waals surface area contributed by atoms with Gasteiger partial charge in [-0.2, -0.15) is 0 Å². The van der Waals surface area contributed by atoms with Crippen LogP contribution in [0.2, 0.25) is 0 Å². The molecular formula is C17H16O13. The Labute approximate surface area is 167 Å². The number of aromatic carboxylic acids is 2. The van der Waals surface area contributed by atoms with Crippen molar-refractivity contribution in [2.75, 3.05) is 0 Å². The molecule has 0 amide bonds. The van der Waals surface area contributed by atoms with Gasteiger partial charge in [-0.15, -0.1) is 0 Å². The second-order valence-corrected chi connectivity index (χ2v) is 4.18. The van der Waals surface area contributed by atoms with Gasteiger partial charge in [-0.3, -0.25) is 0 Å². The fourth-order valence-corrected chi connectivity index (χ4v) is 1.14. The van der Waals surface area contributed by atoms with E-state index in [1.165, 1.54) is 24.3 Å². The lowest BCUT2D eigenvalue weighted by molar-refractivity contribution is -0.134. The summed E-state index contributed by atoms with van der Waals surface area (Å²) in [4.78, 5) is 67.1. The third-order valence-corrected chi connectivity index (χ3v) is 2.12. The van der Waals surface area contributed by atoms with Crippen LogP contribution in [-0.4, -0.2) is 73.2 Å². The van der Waals surface area contributed by atoms with Crippen molar-refractivity contribution in [3.63, 3.8) is 0 Å². The monoisotopic (exact) mass is 428 g/mol. The second kappa shape index (κ2) is 17.6. The zero-order valence-electron chi connectivity index (χ0n) is 14.9. The molecule has 0 atom stereocenters. The third-order valence-electron chi connectivity index (χ3n) is 2.12. The fraction of sp³-hybridized carbons (Fsp3) is 0. The van der Waals surface area contributed by atoms with E-state index in [9.17, 15) is 28.8 Å². The molecule has 1 rings (SSSR count). The molecule has 0 bridgehead atoms. The molecule has 0 heterocycles. The first kappa shape index (κ1) is 29.9. The van der Waals surface area contributed by atoms with E-state index in [0.717, 1.165) is 0 Å². The largest absolute Gasteiger partial charge is 0.478 e. The van der Waals surface area contributed by atoms with Crippen molar-refractivity contribution in [1.29, 1.82) is 0 Å². The van der Waals surface area contributed by atoms with Gasteiger partial charge in [0.25, 0.3) is 0 Å². The standard InChI is InChI=1S/C8H6O4.2C4H4O4.CH2O/c9-7(10)5-3-1-2-4-6(5)8(11)12;2*5-3(6)1-2-4(7)8;1-2/h1-4H,(H,9,10)(H,11,12);2*1-2H,(H,5,6)(H,7,8);1H2/b;2*2-1-;. The highest BCUT2D eigenvalue weighted by Gasteiger charge is 2.13. The van der Waals surface area contributed by atoms with E-state index < -0.39 is 35.8 Å². The zero-order chi connectivity index (χ0) is 24.3. The Morgan fingerprint density at radius 3 is 0.867 bits per heavy atom. The molecule has 0 aliphatic carbocycles. The van der Waals surface area contributed by atoms with Crippen LogP contribution < -0.4 is 0 Å². The van der Waals surface area contributed by atoms with E-state index in [2.05, 4.69) is 0 Å². The van der Waals surface area contributed by atoms with E-state index in [1.54, 1.807) is 0 Å². The summed E-state index contributed by atoms with van der Waals surface area (Å²) >= 11 is 0. The summed E-state index contributed by atoms with van der Waals surface area (Å²) in [5, 5.41) is 48.4. The van der Waals surface area contributed by atoms with E-state index >= 15 is 0 Å². The summed E-state index contributed by atoms with van der Waals surface area (Å²) in [7, 11) is 0. The Kier molecular flexibility index (Phi) is 17.6. The summed E-state index contributed by atoms with van der Waals surface area (Å²) in [6.45, 7) is 2.00. The topological polar surface area (TPSA) is 241 Å². The molecule has 1 aromatic rings. The van der Waals surface area contributed by atoms with Crippen molar-refractivity contribution >= 4 is 42.6 Å². The Hall–Kier alpha value is -4.81. The Morgan fingerprint density at radius 1 is 0.533 bits per heavy atom. The predicted octanol–water partition coefficient (Wildman–Crippen LogP) is 0.322. The molecule has 1 aromatic carbocycles. The quantitative estimate of drug-likeness (QED) is 0.335. The van der Waals surface area contributed by atoms with Gasteiger partial charge in [0.15, 0.2) is 0 Å². The van der Waals surface area contributed by atoms with Crippen molar-refractivity contribution < 1.29 is 64.2 Å². The highest BCUT2D eigenvalue weighted by atomic mass is 16.4. The lowest BCUT2D eigenvalue weighted by atomic mass is 10.1. The summed E-state index contributed by atoms with van der Waals surface area (Å²) in [6.07, 6.45) is 2.23. The molecule has 0 aliphatic heterocycles. The molecule has 13 heteroatoms. The smallest absolute Gasteiger partial charge is 0.336 e. The van der Waals surface area contributed by atoms with Gasteiger partial charge < -0.3 is 35.4 Å². The van der Waals surface area contributed by atoms with Gasteiger partial charge in [0.1, 0.15) is 6.79 Å².